The number of rotatable bonds is 4. The van der Waals surface area contributed by atoms with E-state index < -0.39 is 32.2 Å². The normalized spacial score (nSPS) is 32.8. The highest BCUT2D eigenvalue weighted by atomic mass is 35.5. The molecule has 0 unspecified atom stereocenters. The maximum absolute atomic E-state index is 13.4. The van der Waals surface area contributed by atoms with E-state index >= 15 is 0 Å². The second-order valence-electron chi connectivity index (χ2n) is 13.5. The molecule has 1 fully saturated rings. The Labute approximate surface area is 268 Å². The number of anilines is 1. The number of carbonyl (C=O) groups is 1. The van der Waals surface area contributed by atoms with Crippen molar-refractivity contribution in [1.29, 1.82) is 0 Å². The summed E-state index contributed by atoms with van der Waals surface area (Å²) in [5.74, 6) is 0.0729. The summed E-state index contributed by atoms with van der Waals surface area (Å²) < 4.78 is 35.3. The predicted molar refractivity (Wildman–Crippen MR) is 177 cm³/mol. The lowest BCUT2D eigenvalue weighted by molar-refractivity contribution is -0.0474. The monoisotopic (exact) mass is 642 g/mol. The third kappa shape index (κ3) is 6.40. The Bertz CT molecular complexity index is 1530. The summed E-state index contributed by atoms with van der Waals surface area (Å²) in [6.45, 7) is 11.6. The second-order valence-corrected chi connectivity index (χ2v) is 16.0. The third-order valence-electron chi connectivity index (χ3n) is 10.4. The van der Waals surface area contributed by atoms with Crippen LogP contribution in [0.15, 0.2) is 48.6 Å². The van der Waals surface area contributed by atoms with E-state index in [9.17, 15) is 18.3 Å². The molecule has 3 aliphatic rings. The molecule has 2 aliphatic heterocycles. The van der Waals surface area contributed by atoms with Gasteiger partial charge in [-0.05, 0) is 98.2 Å². The number of aliphatic hydroxyl groups is 1. The van der Waals surface area contributed by atoms with Gasteiger partial charge >= 0.3 is 0 Å². The number of ether oxygens (including phenoxy) is 1. The summed E-state index contributed by atoms with van der Waals surface area (Å²) in [4.78, 5) is 15.7. The van der Waals surface area contributed by atoms with Gasteiger partial charge in [-0.3, -0.25) is 4.79 Å². The predicted octanol–water partition coefficient (Wildman–Crippen LogP) is 6.66. The zero-order chi connectivity index (χ0) is 31.9. The number of nitrogens with zero attached hydrogens (tertiary/aromatic N) is 1. The van der Waals surface area contributed by atoms with Crippen molar-refractivity contribution in [2.24, 2.45) is 17.8 Å². The van der Waals surface area contributed by atoms with Crippen LogP contribution in [0.1, 0.15) is 88.2 Å². The Kier molecular flexibility index (Phi) is 9.46. The third-order valence-corrected chi connectivity index (χ3v) is 12.6. The fourth-order valence-corrected chi connectivity index (χ4v) is 8.75. The number of sulfonamides is 1. The summed E-state index contributed by atoms with van der Waals surface area (Å²) in [6.07, 6.45) is 8.70. The summed E-state index contributed by atoms with van der Waals surface area (Å²) in [5.41, 5.74) is 2.05. The van der Waals surface area contributed by atoms with Crippen molar-refractivity contribution >= 4 is 33.2 Å². The molecule has 2 N–H and O–H groups in total. The van der Waals surface area contributed by atoms with Crippen molar-refractivity contribution in [3.05, 3.63) is 70.3 Å². The van der Waals surface area contributed by atoms with Crippen LogP contribution in [-0.2, 0) is 21.9 Å². The number of hydrogen-bond acceptors (Lipinski definition) is 6. The van der Waals surface area contributed by atoms with E-state index in [0.29, 0.717) is 43.3 Å². The Morgan fingerprint density at radius 3 is 2.59 bits per heavy atom. The Balaban J connectivity index is 1.61. The van der Waals surface area contributed by atoms with Crippen LogP contribution in [0.3, 0.4) is 0 Å². The van der Waals surface area contributed by atoms with Crippen molar-refractivity contribution < 1.29 is 23.1 Å². The minimum absolute atomic E-state index is 0.0738. The van der Waals surface area contributed by atoms with Crippen LogP contribution < -0.4 is 14.4 Å². The molecule has 1 amide bonds. The molecular weight excluding hydrogens is 596 g/mol. The Morgan fingerprint density at radius 2 is 1.91 bits per heavy atom. The van der Waals surface area contributed by atoms with E-state index in [-0.39, 0.29) is 23.3 Å². The molecular formula is C35H47ClN2O5S. The average Bonchev–Trinajstić information content (AvgIpc) is 3.10. The molecule has 240 valence electrons. The summed E-state index contributed by atoms with van der Waals surface area (Å²) >= 11 is 6.44. The highest BCUT2D eigenvalue weighted by molar-refractivity contribution is 7.90. The first-order chi connectivity index (χ1) is 20.8. The average molecular weight is 643 g/mol. The molecule has 0 aromatic heterocycles. The van der Waals surface area contributed by atoms with Crippen molar-refractivity contribution in [3.63, 3.8) is 0 Å². The highest BCUT2D eigenvalue weighted by Gasteiger charge is 2.46. The number of allylic oxidation sites excluding steroid dienone is 1. The molecule has 9 heteroatoms. The van der Waals surface area contributed by atoms with Gasteiger partial charge in [-0.25, -0.2) is 13.1 Å². The van der Waals surface area contributed by atoms with Gasteiger partial charge in [0.25, 0.3) is 5.91 Å². The Morgan fingerprint density at radius 1 is 1.14 bits per heavy atom. The number of fused-ring (bicyclic) bond motifs is 2. The van der Waals surface area contributed by atoms with Gasteiger partial charge in [0.05, 0.1) is 23.1 Å². The summed E-state index contributed by atoms with van der Waals surface area (Å²) in [7, 11) is -3.94. The van der Waals surface area contributed by atoms with Gasteiger partial charge in [0.2, 0.25) is 10.0 Å². The van der Waals surface area contributed by atoms with Crippen molar-refractivity contribution in [1.82, 2.24) is 4.72 Å². The molecule has 7 nitrogen and oxygen atoms in total. The highest BCUT2D eigenvalue weighted by Crippen LogP contribution is 2.47. The number of hydrogen-bond donors (Lipinski definition) is 2. The largest absolute Gasteiger partial charge is 0.490 e. The van der Waals surface area contributed by atoms with Gasteiger partial charge < -0.3 is 14.7 Å². The first-order valence-electron chi connectivity index (χ1n) is 16.1. The lowest BCUT2D eigenvalue weighted by Crippen LogP contribution is -2.51. The Hall–Kier alpha value is -2.55. The minimum Gasteiger partial charge on any atom is -0.490 e. The molecule has 1 aliphatic carbocycles. The summed E-state index contributed by atoms with van der Waals surface area (Å²) in [5, 5.41) is 11.8. The van der Waals surface area contributed by atoms with E-state index in [1.807, 2.05) is 32.1 Å². The first kappa shape index (κ1) is 32.8. The van der Waals surface area contributed by atoms with Gasteiger partial charge in [0.1, 0.15) is 5.75 Å². The molecule has 1 saturated carbocycles. The van der Waals surface area contributed by atoms with E-state index in [1.165, 1.54) is 11.1 Å². The number of benzene rings is 2. The molecule has 2 aromatic carbocycles. The van der Waals surface area contributed by atoms with Gasteiger partial charge in [0, 0.05) is 29.1 Å². The number of amides is 1. The molecule has 2 heterocycles. The fourth-order valence-electron chi connectivity index (χ4n) is 7.27. The zero-order valence-electron chi connectivity index (χ0n) is 26.6. The van der Waals surface area contributed by atoms with Gasteiger partial charge in [-0.2, -0.15) is 0 Å². The lowest BCUT2D eigenvalue weighted by Gasteiger charge is -2.48. The van der Waals surface area contributed by atoms with E-state index in [1.54, 1.807) is 25.1 Å². The van der Waals surface area contributed by atoms with Crippen LogP contribution in [0.2, 0.25) is 5.02 Å². The molecule has 5 rings (SSSR count). The lowest BCUT2D eigenvalue weighted by atomic mass is 9.63. The molecule has 0 spiro atoms. The van der Waals surface area contributed by atoms with Gasteiger partial charge in [0.15, 0.2) is 0 Å². The van der Waals surface area contributed by atoms with E-state index in [2.05, 4.69) is 35.6 Å². The van der Waals surface area contributed by atoms with E-state index in [0.717, 1.165) is 31.4 Å². The topological polar surface area (TPSA) is 95.9 Å². The maximum Gasteiger partial charge on any atom is 0.264 e. The standard InChI is InChI=1S/C35H47ClN2O5S/c1-6-9-25-18-28(36)13-15-29(25)34(5)21-38-20-27-11-14-30(27)35(40,7-2)17-8-10-23(3)24(4)44(41,42)37-33(39)26-12-16-32(43-22-34)31(38)19-26/h8,12-13,15-19,23-24,27,30,40H,6-7,9-11,14,20-22H2,1-5H3,(H,37,39)/b17-8+/t23-,24+,27-,30+,34-,35+/m0/s1. The van der Waals surface area contributed by atoms with Crippen LogP contribution in [-0.4, -0.2) is 50.0 Å². The number of aryl methyl sites for hydroxylation is 1. The van der Waals surface area contributed by atoms with Crippen LogP contribution in [0.4, 0.5) is 5.69 Å². The molecule has 2 aromatic rings. The van der Waals surface area contributed by atoms with Gasteiger partial charge in [-0.1, -0.05) is 63.9 Å². The number of carbonyl (C=O) groups excluding carboxylic acids is 1. The van der Waals surface area contributed by atoms with Crippen molar-refractivity contribution in [2.75, 3.05) is 24.6 Å². The van der Waals surface area contributed by atoms with Crippen LogP contribution in [0.5, 0.6) is 5.75 Å². The molecule has 44 heavy (non-hydrogen) atoms. The first-order valence-corrected chi connectivity index (χ1v) is 18.0. The van der Waals surface area contributed by atoms with Gasteiger partial charge in [-0.15, -0.1) is 0 Å². The molecule has 6 atom stereocenters. The smallest absolute Gasteiger partial charge is 0.264 e. The number of nitrogens with one attached hydrogen (secondary N) is 1. The fraction of sp³-hybridized carbons (Fsp3) is 0.571. The molecule has 0 saturated heterocycles. The maximum atomic E-state index is 13.4. The molecule has 2 bridgehead atoms. The number of halogens is 1. The zero-order valence-corrected chi connectivity index (χ0v) is 28.2. The summed E-state index contributed by atoms with van der Waals surface area (Å²) in [6, 6.07) is 11.3. The van der Waals surface area contributed by atoms with Crippen LogP contribution >= 0.6 is 11.6 Å². The quantitative estimate of drug-likeness (QED) is 0.362. The van der Waals surface area contributed by atoms with E-state index in [4.69, 9.17) is 16.3 Å². The second kappa shape index (κ2) is 12.7. The van der Waals surface area contributed by atoms with Crippen LogP contribution in [0, 0.1) is 17.8 Å². The molecule has 0 radical (unpaired) electrons. The van der Waals surface area contributed by atoms with Crippen LogP contribution in [0.25, 0.3) is 0 Å². The minimum atomic E-state index is -3.94. The SMILES string of the molecule is CCCc1cc(Cl)ccc1[C@]1(C)COc2ccc3cc2N(C[C@@H]2CC[C@H]2[C@@](O)(CC)/C=C/C[C@H](C)[C@@H](C)S(=O)(=O)NC3=O)C1. The van der Waals surface area contributed by atoms with Crippen molar-refractivity contribution in [2.45, 2.75) is 89.4 Å². The van der Waals surface area contributed by atoms with Crippen molar-refractivity contribution in [3.8, 4) is 5.75 Å².